The highest BCUT2D eigenvalue weighted by Crippen LogP contribution is 2.27. The molecular weight excluding hydrogens is 287 g/mol. The molecule has 0 spiro atoms. The van der Waals surface area contributed by atoms with Crippen molar-refractivity contribution < 1.29 is 22.8 Å². The molecule has 0 bridgehead atoms. The maximum Gasteiger partial charge on any atom is 0.406 e. The lowest BCUT2D eigenvalue weighted by atomic mass is 9.99. The largest absolute Gasteiger partial charge is 0.406 e. The molecule has 2 fully saturated rings. The summed E-state index contributed by atoms with van der Waals surface area (Å²) >= 11 is 0. The summed E-state index contributed by atoms with van der Waals surface area (Å²) in [4.78, 5) is 24.4. The summed E-state index contributed by atoms with van der Waals surface area (Å²) in [7, 11) is 0. The Hall–Kier alpha value is -1.31. The number of likely N-dealkylation sites (tertiary alicyclic amines) is 1. The first kappa shape index (κ1) is 16.1. The van der Waals surface area contributed by atoms with Gasteiger partial charge in [0.15, 0.2) is 0 Å². The van der Waals surface area contributed by atoms with Crippen molar-refractivity contribution in [1.82, 2.24) is 10.2 Å². The Morgan fingerprint density at radius 2 is 2.05 bits per heavy atom. The summed E-state index contributed by atoms with van der Waals surface area (Å²) in [5.41, 5.74) is 5.87. The number of rotatable bonds is 4. The van der Waals surface area contributed by atoms with E-state index in [2.05, 4.69) is 5.32 Å². The van der Waals surface area contributed by atoms with Crippen LogP contribution in [0.2, 0.25) is 0 Å². The Labute approximate surface area is 121 Å². The van der Waals surface area contributed by atoms with Gasteiger partial charge in [0, 0.05) is 19.0 Å². The third-order valence-corrected chi connectivity index (χ3v) is 4.17. The van der Waals surface area contributed by atoms with Gasteiger partial charge in [-0.2, -0.15) is 13.2 Å². The molecule has 0 radical (unpaired) electrons. The molecule has 120 valence electrons. The van der Waals surface area contributed by atoms with Crippen LogP contribution in [0.3, 0.4) is 0 Å². The van der Waals surface area contributed by atoms with E-state index in [0.717, 1.165) is 24.2 Å². The molecule has 2 aliphatic rings. The van der Waals surface area contributed by atoms with Crippen LogP contribution in [0.1, 0.15) is 32.1 Å². The molecule has 3 N–H and O–H groups in total. The fourth-order valence-electron chi connectivity index (χ4n) is 3.06. The molecule has 1 heterocycles. The average Bonchev–Trinajstić information content (AvgIpc) is 2.89. The predicted octanol–water partition coefficient (Wildman–Crippen LogP) is 0.783. The molecular formula is C13H20F3N3O2. The monoisotopic (exact) mass is 307 g/mol. The quantitative estimate of drug-likeness (QED) is 0.806. The fourth-order valence-corrected chi connectivity index (χ4v) is 3.06. The number of nitrogens with one attached hydrogen (secondary N) is 1. The van der Waals surface area contributed by atoms with Crippen LogP contribution in [0.5, 0.6) is 0 Å². The van der Waals surface area contributed by atoms with Crippen molar-refractivity contribution in [3.8, 4) is 0 Å². The van der Waals surface area contributed by atoms with Gasteiger partial charge in [-0.05, 0) is 25.2 Å². The van der Waals surface area contributed by atoms with Gasteiger partial charge >= 0.3 is 6.18 Å². The van der Waals surface area contributed by atoms with Gasteiger partial charge in [0.05, 0.1) is 0 Å². The summed E-state index contributed by atoms with van der Waals surface area (Å²) in [5.74, 6) is -0.853. The number of hydrogen-bond donors (Lipinski definition) is 2. The van der Waals surface area contributed by atoms with Crippen LogP contribution in [0.15, 0.2) is 0 Å². The minimum Gasteiger partial charge on any atom is -0.344 e. The van der Waals surface area contributed by atoms with Gasteiger partial charge in [-0.1, -0.05) is 6.42 Å². The molecule has 0 aromatic carbocycles. The molecule has 2 rings (SSSR count). The first-order chi connectivity index (χ1) is 9.76. The van der Waals surface area contributed by atoms with Crippen molar-refractivity contribution in [2.45, 2.75) is 50.4 Å². The van der Waals surface area contributed by atoms with Gasteiger partial charge in [0.2, 0.25) is 11.8 Å². The second-order valence-electron chi connectivity index (χ2n) is 5.84. The highest BCUT2D eigenvalue weighted by Gasteiger charge is 2.40. The van der Waals surface area contributed by atoms with Crippen molar-refractivity contribution in [2.24, 2.45) is 11.7 Å². The number of halogens is 3. The van der Waals surface area contributed by atoms with Gasteiger partial charge in [0.1, 0.15) is 12.6 Å². The molecule has 1 aliphatic heterocycles. The van der Waals surface area contributed by atoms with Crippen LogP contribution in [0.25, 0.3) is 0 Å². The van der Waals surface area contributed by atoms with E-state index in [4.69, 9.17) is 5.73 Å². The molecule has 2 amide bonds. The summed E-state index contributed by atoms with van der Waals surface area (Å²) in [5, 5.41) is 2.54. The van der Waals surface area contributed by atoms with Crippen LogP contribution < -0.4 is 11.1 Å². The smallest absolute Gasteiger partial charge is 0.344 e. The van der Waals surface area contributed by atoms with E-state index in [0.29, 0.717) is 0 Å². The Kier molecular flexibility index (Phi) is 4.75. The number of carbonyl (C=O) groups is 2. The standard InChI is InChI=1S/C13H20F3N3O2/c14-13(15,16)7-19-5-4-10(12(19)21)18-11(20)6-8-2-1-3-9(8)17/h8-10H,1-7,17H2,(H,18,20)/t8-,9+,10?/m0/s1. The van der Waals surface area contributed by atoms with Crippen molar-refractivity contribution in [1.29, 1.82) is 0 Å². The van der Waals surface area contributed by atoms with E-state index in [9.17, 15) is 22.8 Å². The minimum absolute atomic E-state index is 0.00300. The number of hydrogen-bond acceptors (Lipinski definition) is 3. The minimum atomic E-state index is -4.41. The zero-order chi connectivity index (χ0) is 15.6. The first-order valence-corrected chi connectivity index (χ1v) is 7.17. The van der Waals surface area contributed by atoms with Crippen LogP contribution in [-0.2, 0) is 9.59 Å². The van der Waals surface area contributed by atoms with E-state index in [1.165, 1.54) is 0 Å². The average molecular weight is 307 g/mol. The van der Waals surface area contributed by atoms with Crippen molar-refractivity contribution in [3.05, 3.63) is 0 Å². The van der Waals surface area contributed by atoms with Crippen LogP contribution in [0.4, 0.5) is 13.2 Å². The molecule has 5 nitrogen and oxygen atoms in total. The molecule has 1 saturated carbocycles. The molecule has 1 unspecified atom stereocenters. The Bertz CT molecular complexity index is 414. The third kappa shape index (κ3) is 4.33. The molecule has 0 aromatic heterocycles. The third-order valence-electron chi connectivity index (χ3n) is 4.17. The second kappa shape index (κ2) is 6.21. The number of nitrogens with two attached hydrogens (primary N) is 1. The zero-order valence-corrected chi connectivity index (χ0v) is 11.7. The first-order valence-electron chi connectivity index (χ1n) is 7.17. The maximum atomic E-state index is 12.3. The molecule has 1 aliphatic carbocycles. The summed E-state index contributed by atoms with van der Waals surface area (Å²) in [6, 6.07) is -0.839. The van der Waals surface area contributed by atoms with E-state index in [1.807, 2.05) is 0 Å². The highest BCUT2D eigenvalue weighted by atomic mass is 19.4. The Balaban J connectivity index is 1.81. The van der Waals surface area contributed by atoms with Crippen molar-refractivity contribution >= 4 is 11.8 Å². The number of amides is 2. The number of carbonyl (C=O) groups excluding carboxylic acids is 2. The SMILES string of the molecule is N[C@@H]1CCC[C@H]1CC(=O)NC1CCN(CC(F)(F)F)C1=O. The summed E-state index contributed by atoms with van der Waals surface area (Å²) in [6.45, 7) is -1.24. The summed E-state index contributed by atoms with van der Waals surface area (Å²) in [6.07, 6.45) is -1.19. The summed E-state index contributed by atoms with van der Waals surface area (Å²) < 4.78 is 36.9. The van der Waals surface area contributed by atoms with Gasteiger partial charge in [-0.25, -0.2) is 0 Å². The molecule has 0 aromatic rings. The lowest BCUT2D eigenvalue weighted by Gasteiger charge is -2.19. The molecule has 8 heteroatoms. The van der Waals surface area contributed by atoms with Crippen molar-refractivity contribution in [3.63, 3.8) is 0 Å². The maximum absolute atomic E-state index is 12.3. The van der Waals surface area contributed by atoms with E-state index >= 15 is 0 Å². The Morgan fingerprint density at radius 3 is 2.62 bits per heavy atom. The van der Waals surface area contributed by atoms with Gasteiger partial charge < -0.3 is 16.0 Å². The Morgan fingerprint density at radius 1 is 1.33 bits per heavy atom. The predicted molar refractivity (Wildman–Crippen MR) is 69.1 cm³/mol. The van der Waals surface area contributed by atoms with Crippen LogP contribution in [-0.4, -0.2) is 48.1 Å². The lowest BCUT2D eigenvalue weighted by molar-refractivity contribution is -0.158. The van der Waals surface area contributed by atoms with Crippen LogP contribution >= 0.6 is 0 Å². The van der Waals surface area contributed by atoms with Gasteiger partial charge in [-0.15, -0.1) is 0 Å². The van der Waals surface area contributed by atoms with Gasteiger partial charge in [0.25, 0.3) is 0 Å². The second-order valence-corrected chi connectivity index (χ2v) is 5.84. The zero-order valence-electron chi connectivity index (χ0n) is 11.7. The number of nitrogens with zero attached hydrogens (tertiary/aromatic N) is 1. The molecule has 21 heavy (non-hydrogen) atoms. The van der Waals surface area contributed by atoms with E-state index in [-0.39, 0.29) is 37.3 Å². The lowest BCUT2D eigenvalue weighted by Crippen LogP contribution is -2.44. The topological polar surface area (TPSA) is 75.4 Å². The van der Waals surface area contributed by atoms with Gasteiger partial charge in [-0.3, -0.25) is 9.59 Å². The van der Waals surface area contributed by atoms with Crippen molar-refractivity contribution in [2.75, 3.05) is 13.1 Å². The molecule has 3 atom stereocenters. The highest BCUT2D eigenvalue weighted by molar-refractivity contribution is 5.89. The van der Waals surface area contributed by atoms with E-state index < -0.39 is 24.7 Å². The number of alkyl halides is 3. The van der Waals surface area contributed by atoms with E-state index in [1.54, 1.807) is 0 Å². The fraction of sp³-hybridized carbons (Fsp3) is 0.846. The molecule has 1 saturated heterocycles. The normalized spacial score (nSPS) is 30.0. The van der Waals surface area contributed by atoms with Crippen LogP contribution in [0, 0.1) is 5.92 Å².